The maximum Gasteiger partial charge on any atom is 0.0468 e. The Hall–Kier alpha value is -0.0800. The molecule has 0 radical (unpaired) electrons. The lowest BCUT2D eigenvalue weighted by Crippen LogP contribution is -2.38. The van der Waals surface area contributed by atoms with Gasteiger partial charge in [-0.2, -0.15) is 0 Å². The van der Waals surface area contributed by atoms with Crippen LogP contribution in [0.25, 0.3) is 0 Å². The van der Waals surface area contributed by atoms with E-state index in [2.05, 4.69) is 25.8 Å². The largest absolute Gasteiger partial charge is 0.396 e. The summed E-state index contributed by atoms with van der Waals surface area (Å²) in [6.07, 6.45) is 5.44. The number of hydrogen-bond donors (Lipinski definition) is 1. The van der Waals surface area contributed by atoms with Gasteiger partial charge in [-0.1, -0.05) is 13.8 Å². The fourth-order valence-corrected chi connectivity index (χ4v) is 2.38. The van der Waals surface area contributed by atoms with Crippen LogP contribution < -0.4 is 0 Å². The maximum absolute atomic E-state index is 9.00. The summed E-state index contributed by atoms with van der Waals surface area (Å²) in [5, 5.41) is 9.00. The van der Waals surface area contributed by atoms with Gasteiger partial charge < -0.3 is 10.0 Å². The van der Waals surface area contributed by atoms with Gasteiger partial charge in [0.05, 0.1) is 0 Å². The highest BCUT2D eigenvalue weighted by Gasteiger charge is 2.22. The van der Waals surface area contributed by atoms with Crippen molar-refractivity contribution >= 4 is 0 Å². The first-order valence-electron chi connectivity index (χ1n) is 5.94. The van der Waals surface area contributed by atoms with Crippen molar-refractivity contribution in [2.24, 2.45) is 11.8 Å². The van der Waals surface area contributed by atoms with E-state index in [4.69, 9.17) is 5.11 Å². The maximum atomic E-state index is 9.00. The molecule has 2 heteroatoms. The molecule has 2 nitrogen and oxygen atoms in total. The van der Waals surface area contributed by atoms with Crippen molar-refractivity contribution < 1.29 is 5.11 Å². The highest BCUT2D eigenvalue weighted by atomic mass is 16.3. The molecule has 0 aromatic rings. The fraction of sp³-hybridized carbons (Fsp3) is 1.00. The molecule has 0 amide bonds. The molecule has 0 aromatic carbocycles. The SMILES string of the molecule is CC1CCC(N(C)CC(C)CO)CC1. The van der Waals surface area contributed by atoms with E-state index < -0.39 is 0 Å². The molecule has 0 aromatic heterocycles. The molecule has 1 N–H and O–H groups in total. The Morgan fingerprint density at radius 2 is 1.86 bits per heavy atom. The van der Waals surface area contributed by atoms with Crippen molar-refractivity contribution in [3.63, 3.8) is 0 Å². The first-order valence-corrected chi connectivity index (χ1v) is 5.94. The molecular weight excluding hydrogens is 174 g/mol. The Balaban J connectivity index is 2.26. The molecule has 84 valence electrons. The predicted molar refractivity (Wildman–Crippen MR) is 60.3 cm³/mol. The van der Waals surface area contributed by atoms with Gasteiger partial charge in [-0.3, -0.25) is 0 Å². The normalized spacial score (nSPS) is 30.6. The minimum Gasteiger partial charge on any atom is -0.396 e. The smallest absolute Gasteiger partial charge is 0.0468 e. The Labute approximate surface area is 88.3 Å². The Bertz CT molecular complexity index is 152. The van der Waals surface area contributed by atoms with E-state index >= 15 is 0 Å². The van der Waals surface area contributed by atoms with Gasteiger partial charge in [0.25, 0.3) is 0 Å². The molecule has 1 atom stereocenters. The molecule has 0 bridgehead atoms. The van der Waals surface area contributed by atoms with E-state index in [0.717, 1.165) is 18.5 Å². The van der Waals surface area contributed by atoms with Crippen molar-refractivity contribution in [3.8, 4) is 0 Å². The highest BCUT2D eigenvalue weighted by molar-refractivity contribution is 4.77. The van der Waals surface area contributed by atoms with Crippen LogP contribution in [0.15, 0.2) is 0 Å². The summed E-state index contributed by atoms with van der Waals surface area (Å²) in [7, 11) is 2.20. The lowest BCUT2D eigenvalue weighted by Gasteiger charge is -2.34. The standard InChI is InChI=1S/C12H25NO/c1-10-4-6-12(7-5-10)13(3)8-11(2)9-14/h10-12,14H,4-9H2,1-3H3. The number of nitrogens with zero attached hydrogens (tertiary/aromatic N) is 1. The van der Waals surface area contributed by atoms with Crippen LogP contribution in [0.2, 0.25) is 0 Å². The topological polar surface area (TPSA) is 23.5 Å². The van der Waals surface area contributed by atoms with Crippen molar-refractivity contribution in [3.05, 3.63) is 0 Å². The molecule has 1 saturated carbocycles. The van der Waals surface area contributed by atoms with Crippen LogP contribution in [0.3, 0.4) is 0 Å². The molecule has 0 heterocycles. The van der Waals surface area contributed by atoms with Gasteiger partial charge in [0.1, 0.15) is 0 Å². The van der Waals surface area contributed by atoms with Crippen molar-refractivity contribution in [2.45, 2.75) is 45.6 Å². The number of hydrogen-bond acceptors (Lipinski definition) is 2. The van der Waals surface area contributed by atoms with Gasteiger partial charge in [-0.05, 0) is 44.6 Å². The molecule has 0 aliphatic heterocycles. The third kappa shape index (κ3) is 3.58. The molecule has 1 aliphatic carbocycles. The Morgan fingerprint density at radius 3 is 2.36 bits per heavy atom. The number of aliphatic hydroxyl groups is 1. The summed E-state index contributed by atoms with van der Waals surface area (Å²) in [6, 6.07) is 0.764. The van der Waals surface area contributed by atoms with Crippen LogP contribution in [0.1, 0.15) is 39.5 Å². The van der Waals surface area contributed by atoms with Crippen LogP contribution in [0, 0.1) is 11.8 Å². The van der Waals surface area contributed by atoms with E-state index in [9.17, 15) is 0 Å². The Morgan fingerprint density at radius 1 is 1.29 bits per heavy atom. The van der Waals surface area contributed by atoms with E-state index in [0.29, 0.717) is 12.5 Å². The molecule has 0 saturated heterocycles. The average molecular weight is 199 g/mol. The van der Waals surface area contributed by atoms with Gasteiger partial charge in [0.15, 0.2) is 0 Å². The molecule has 0 spiro atoms. The van der Waals surface area contributed by atoms with Gasteiger partial charge in [-0.15, -0.1) is 0 Å². The quantitative estimate of drug-likeness (QED) is 0.749. The first kappa shape index (κ1) is 12.0. The molecule has 1 fully saturated rings. The summed E-state index contributed by atoms with van der Waals surface area (Å²) < 4.78 is 0. The van der Waals surface area contributed by atoms with Gasteiger partial charge in [-0.25, -0.2) is 0 Å². The molecule has 1 aliphatic rings. The van der Waals surface area contributed by atoms with Gasteiger partial charge in [0, 0.05) is 19.2 Å². The monoisotopic (exact) mass is 199 g/mol. The summed E-state index contributed by atoms with van der Waals surface area (Å²) in [5.41, 5.74) is 0. The molecular formula is C12H25NO. The summed E-state index contributed by atoms with van der Waals surface area (Å²) in [4.78, 5) is 2.44. The second kappa shape index (κ2) is 5.72. The van der Waals surface area contributed by atoms with Crippen LogP contribution in [0.4, 0.5) is 0 Å². The van der Waals surface area contributed by atoms with Crippen LogP contribution in [-0.2, 0) is 0 Å². The lowest BCUT2D eigenvalue weighted by atomic mass is 9.86. The first-order chi connectivity index (χ1) is 6.63. The predicted octanol–water partition coefficient (Wildman–Crippen LogP) is 2.13. The van der Waals surface area contributed by atoms with E-state index in [1.807, 2.05) is 0 Å². The number of aliphatic hydroxyl groups excluding tert-OH is 1. The summed E-state index contributed by atoms with van der Waals surface area (Å²) in [5.74, 6) is 1.34. The zero-order valence-electron chi connectivity index (χ0n) is 9.87. The zero-order valence-corrected chi connectivity index (χ0v) is 9.87. The minimum atomic E-state index is 0.313. The van der Waals surface area contributed by atoms with E-state index in [1.54, 1.807) is 0 Å². The van der Waals surface area contributed by atoms with Gasteiger partial charge in [0.2, 0.25) is 0 Å². The second-order valence-corrected chi connectivity index (χ2v) is 5.14. The zero-order chi connectivity index (χ0) is 10.6. The molecule has 14 heavy (non-hydrogen) atoms. The van der Waals surface area contributed by atoms with Crippen molar-refractivity contribution in [2.75, 3.05) is 20.2 Å². The average Bonchev–Trinajstić information content (AvgIpc) is 2.18. The highest BCUT2D eigenvalue weighted by Crippen LogP contribution is 2.26. The van der Waals surface area contributed by atoms with Crippen molar-refractivity contribution in [1.29, 1.82) is 0 Å². The second-order valence-electron chi connectivity index (χ2n) is 5.14. The summed E-state index contributed by atoms with van der Waals surface area (Å²) >= 11 is 0. The fourth-order valence-electron chi connectivity index (χ4n) is 2.38. The van der Waals surface area contributed by atoms with Crippen molar-refractivity contribution in [1.82, 2.24) is 4.90 Å². The van der Waals surface area contributed by atoms with E-state index in [1.165, 1.54) is 25.7 Å². The third-order valence-corrected chi connectivity index (χ3v) is 3.52. The van der Waals surface area contributed by atoms with Gasteiger partial charge >= 0.3 is 0 Å². The molecule has 1 rings (SSSR count). The third-order valence-electron chi connectivity index (χ3n) is 3.52. The van der Waals surface area contributed by atoms with E-state index in [-0.39, 0.29) is 0 Å². The van der Waals surface area contributed by atoms with Crippen LogP contribution in [0.5, 0.6) is 0 Å². The van der Waals surface area contributed by atoms with Crippen LogP contribution >= 0.6 is 0 Å². The minimum absolute atomic E-state index is 0.313. The van der Waals surface area contributed by atoms with Crippen LogP contribution in [-0.4, -0.2) is 36.2 Å². The summed E-state index contributed by atoms with van der Waals surface area (Å²) in [6.45, 7) is 5.82. The molecule has 1 unspecified atom stereocenters. The lowest BCUT2D eigenvalue weighted by molar-refractivity contribution is 0.128. The Kier molecular flexibility index (Phi) is 4.90. The number of rotatable bonds is 4.